The maximum atomic E-state index is 12.8. The van der Waals surface area contributed by atoms with Crippen molar-refractivity contribution in [1.82, 2.24) is 9.88 Å². The molecule has 1 aliphatic carbocycles. The molecule has 0 radical (unpaired) electrons. The van der Waals surface area contributed by atoms with Crippen LogP contribution in [0.5, 0.6) is 5.75 Å². The molecule has 1 aromatic heterocycles. The van der Waals surface area contributed by atoms with Gasteiger partial charge in [0, 0.05) is 24.0 Å². The molecule has 0 aliphatic heterocycles. The molecule has 1 fully saturated rings. The minimum Gasteiger partial charge on any atom is -0.497 e. The van der Waals surface area contributed by atoms with E-state index in [9.17, 15) is 4.79 Å². The van der Waals surface area contributed by atoms with Gasteiger partial charge in [-0.25, -0.2) is 4.98 Å². The highest BCUT2D eigenvalue weighted by molar-refractivity contribution is 7.13. The largest absolute Gasteiger partial charge is 0.497 e. The van der Waals surface area contributed by atoms with Gasteiger partial charge in [-0.1, -0.05) is 19.8 Å². The lowest BCUT2D eigenvalue weighted by molar-refractivity contribution is 0.0624. The fourth-order valence-corrected chi connectivity index (χ4v) is 4.24. The number of aromatic nitrogens is 1. The smallest absolute Gasteiger partial charge is 0.273 e. The zero-order valence-electron chi connectivity index (χ0n) is 14.5. The van der Waals surface area contributed by atoms with Gasteiger partial charge in [-0.2, -0.15) is 0 Å². The molecule has 3 rings (SSSR count). The van der Waals surface area contributed by atoms with Crippen molar-refractivity contribution in [3.05, 3.63) is 35.3 Å². The number of hydrogen-bond donors (Lipinski definition) is 0. The molecule has 2 atom stereocenters. The maximum absolute atomic E-state index is 12.8. The summed E-state index contributed by atoms with van der Waals surface area (Å²) in [5.41, 5.74) is 1.56. The van der Waals surface area contributed by atoms with Gasteiger partial charge >= 0.3 is 0 Å². The Labute approximate surface area is 147 Å². The van der Waals surface area contributed by atoms with Gasteiger partial charge in [0.15, 0.2) is 0 Å². The summed E-state index contributed by atoms with van der Waals surface area (Å²) in [4.78, 5) is 19.2. The summed E-state index contributed by atoms with van der Waals surface area (Å²) in [6.07, 6.45) is 4.79. The lowest BCUT2D eigenvalue weighted by atomic mass is 9.85. The number of carbonyl (C=O) groups excluding carboxylic acids is 1. The van der Waals surface area contributed by atoms with E-state index < -0.39 is 0 Å². The van der Waals surface area contributed by atoms with Crippen LogP contribution in [0.1, 0.15) is 43.1 Å². The molecule has 0 spiro atoms. The zero-order valence-corrected chi connectivity index (χ0v) is 15.3. The van der Waals surface area contributed by atoms with Crippen LogP contribution >= 0.6 is 11.3 Å². The third-order valence-electron chi connectivity index (χ3n) is 4.94. The Morgan fingerprint density at radius 2 is 1.96 bits per heavy atom. The number of rotatable bonds is 4. The summed E-state index contributed by atoms with van der Waals surface area (Å²) >= 11 is 1.51. The predicted octanol–water partition coefficient (Wildman–Crippen LogP) is 4.47. The lowest BCUT2D eigenvalue weighted by Gasteiger charge is -2.35. The Balaban J connectivity index is 1.75. The number of ether oxygens (including phenoxy) is 1. The van der Waals surface area contributed by atoms with Crippen molar-refractivity contribution in [2.45, 2.75) is 38.6 Å². The highest BCUT2D eigenvalue weighted by Gasteiger charge is 2.29. The van der Waals surface area contributed by atoms with E-state index in [4.69, 9.17) is 4.74 Å². The second kappa shape index (κ2) is 7.34. The predicted molar refractivity (Wildman–Crippen MR) is 97.6 cm³/mol. The Kier molecular flexibility index (Phi) is 5.19. The van der Waals surface area contributed by atoms with Crippen molar-refractivity contribution in [2.24, 2.45) is 5.92 Å². The van der Waals surface area contributed by atoms with Crippen molar-refractivity contribution in [3.8, 4) is 16.3 Å². The molecule has 4 nitrogen and oxygen atoms in total. The second-order valence-corrected chi connectivity index (χ2v) is 7.37. The highest BCUT2D eigenvalue weighted by atomic mass is 32.1. The molecule has 24 heavy (non-hydrogen) atoms. The molecule has 128 valence electrons. The third kappa shape index (κ3) is 3.46. The van der Waals surface area contributed by atoms with Crippen LogP contribution in [-0.2, 0) is 0 Å². The first-order valence-electron chi connectivity index (χ1n) is 8.47. The topological polar surface area (TPSA) is 42.4 Å². The Morgan fingerprint density at radius 1 is 1.25 bits per heavy atom. The van der Waals surface area contributed by atoms with Crippen LogP contribution < -0.4 is 4.74 Å². The van der Waals surface area contributed by atoms with Crippen LogP contribution in [0.4, 0.5) is 0 Å². The monoisotopic (exact) mass is 344 g/mol. The first kappa shape index (κ1) is 17.0. The molecule has 2 unspecified atom stereocenters. The Hall–Kier alpha value is -1.88. The molecule has 1 aliphatic rings. The van der Waals surface area contributed by atoms with E-state index in [2.05, 4.69) is 11.9 Å². The lowest BCUT2D eigenvalue weighted by Crippen LogP contribution is -2.42. The summed E-state index contributed by atoms with van der Waals surface area (Å²) in [6.45, 7) is 2.25. The standard InChI is InChI=1S/C19H24N2O2S/c1-13-6-4-5-7-17(13)21(2)19(22)16-12-24-18(20-16)14-8-10-15(23-3)11-9-14/h8-13,17H,4-7H2,1-3H3. The number of thiazole rings is 1. The Bertz CT molecular complexity index is 696. The van der Waals surface area contributed by atoms with E-state index >= 15 is 0 Å². The van der Waals surface area contributed by atoms with E-state index in [1.165, 1.54) is 30.6 Å². The van der Waals surface area contributed by atoms with Crippen molar-refractivity contribution in [3.63, 3.8) is 0 Å². The molecule has 0 bridgehead atoms. The number of benzene rings is 1. The van der Waals surface area contributed by atoms with E-state index in [0.29, 0.717) is 17.7 Å². The molecule has 2 aromatic rings. The third-order valence-corrected chi connectivity index (χ3v) is 5.84. The van der Waals surface area contributed by atoms with Crippen molar-refractivity contribution in [2.75, 3.05) is 14.2 Å². The SMILES string of the molecule is COc1ccc(-c2nc(C(=O)N(C)C3CCCCC3C)cs2)cc1. The van der Waals surface area contributed by atoms with Gasteiger partial charge in [0.05, 0.1) is 7.11 Å². The van der Waals surface area contributed by atoms with Crippen LogP contribution in [-0.4, -0.2) is 36.0 Å². The Morgan fingerprint density at radius 3 is 2.62 bits per heavy atom. The van der Waals surface area contributed by atoms with Gasteiger partial charge < -0.3 is 9.64 Å². The van der Waals surface area contributed by atoms with Crippen LogP contribution in [0.2, 0.25) is 0 Å². The normalized spacial score (nSPS) is 20.6. The van der Waals surface area contributed by atoms with Crippen molar-refractivity contribution >= 4 is 17.2 Å². The fraction of sp³-hybridized carbons (Fsp3) is 0.474. The summed E-state index contributed by atoms with van der Waals surface area (Å²) in [5, 5.41) is 2.73. The molecule has 0 N–H and O–H groups in total. The number of carbonyl (C=O) groups is 1. The minimum atomic E-state index is 0.0322. The first-order valence-corrected chi connectivity index (χ1v) is 9.35. The number of methoxy groups -OCH3 is 1. The van der Waals surface area contributed by atoms with E-state index in [-0.39, 0.29) is 5.91 Å². The quantitative estimate of drug-likeness (QED) is 0.822. The maximum Gasteiger partial charge on any atom is 0.273 e. The molecule has 1 saturated carbocycles. The molecule has 0 saturated heterocycles. The molecular formula is C19H24N2O2S. The first-order chi connectivity index (χ1) is 11.6. The van der Waals surface area contributed by atoms with Gasteiger partial charge in [0.2, 0.25) is 0 Å². The summed E-state index contributed by atoms with van der Waals surface area (Å²) in [5.74, 6) is 1.41. The van der Waals surface area contributed by atoms with Gasteiger partial charge in [-0.05, 0) is 43.0 Å². The number of amides is 1. The second-order valence-electron chi connectivity index (χ2n) is 6.51. The van der Waals surface area contributed by atoms with Crippen molar-refractivity contribution in [1.29, 1.82) is 0 Å². The van der Waals surface area contributed by atoms with Crippen LogP contribution in [0.3, 0.4) is 0 Å². The average Bonchev–Trinajstić information content (AvgIpc) is 3.11. The molecule has 1 amide bonds. The van der Waals surface area contributed by atoms with Gasteiger partial charge in [0.1, 0.15) is 16.5 Å². The summed E-state index contributed by atoms with van der Waals surface area (Å²) < 4.78 is 5.18. The summed E-state index contributed by atoms with van der Waals surface area (Å²) in [6, 6.07) is 8.09. The molecule has 5 heteroatoms. The van der Waals surface area contributed by atoms with Gasteiger partial charge in [0.25, 0.3) is 5.91 Å². The molecular weight excluding hydrogens is 320 g/mol. The van der Waals surface area contributed by atoms with Gasteiger partial charge in [-0.3, -0.25) is 4.79 Å². The summed E-state index contributed by atoms with van der Waals surface area (Å²) in [7, 11) is 3.57. The van der Waals surface area contributed by atoms with E-state index in [1.54, 1.807) is 7.11 Å². The average molecular weight is 344 g/mol. The van der Waals surface area contributed by atoms with Crippen LogP contribution in [0, 0.1) is 5.92 Å². The highest BCUT2D eigenvalue weighted by Crippen LogP contribution is 2.30. The van der Waals surface area contributed by atoms with Crippen LogP contribution in [0.25, 0.3) is 10.6 Å². The molecule has 1 aromatic carbocycles. The molecule has 1 heterocycles. The fourth-order valence-electron chi connectivity index (χ4n) is 3.44. The van der Waals surface area contributed by atoms with Crippen LogP contribution in [0.15, 0.2) is 29.6 Å². The van der Waals surface area contributed by atoms with E-state index in [0.717, 1.165) is 22.7 Å². The van der Waals surface area contributed by atoms with Crippen molar-refractivity contribution < 1.29 is 9.53 Å². The number of hydrogen-bond acceptors (Lipinski definition) is 4. The van der Waals surface area contributed by atoms with E-state index in [1.807, 2.05) is 41.6 Å². The zero-order chi connectivity index (χ0) is 17.1. The number of nitrogens with zero attached hydrogens (tertiary/aromatic N) is 2. The minimum absolute atomic E-state index is 0.0322. The van der Waals surface area contributed by atoms with Gasteiger partial charge in [-0.15, -0.1) is 11.3 Å².